The molecule has 2 heterocycles. The van der Waals surface area contributed by atoms with Gasteiger partial charge in [0.1, 0.15) is 5.69 Å². The van der Waals surface area contributed by atoms with Gasteiger partial charge in [0.05, 0.1) is 17.6 Å². The Balaban J connectivity index is 2.08. The summed E-state index contributed by atoms with van der Waals surface area (Å²) in [6.07, 6.45) is 1.45. The fraction of sp³-hybridized carbons (Fsp3) is 0.250. The average Bonchev–Trinajstić information content (AvgIpc) is 2.78. The van der Waals surface area contributed by atoms with E-state index >= 15 is 0 Å². The predicted molar refractivity (Wildman–Crippen MR) is 72.8 cm³/mol. The minimum Gasteiger partial charge on any atom is -0.397 e. The van der Waals surface area contributed by atoms with Gasteiger partial charge < -0.3 is 5.73 Å². The topological polar surface area (TPSA) is 80.9 Å². The van der Waals surface area contributed by atoms with Crippen LogP contribution in [0.25, 0.3) is 0 Å². The smallest absolute Gasteiger partial charge is 0.276 e. The van der Waals surface area contributed by atoms with Gasteiger partial charge in [0.2, 0.25) is 0 Å². The van der Waals surface area contributed by atoms with E-state index in [1.54, 1.807) is 12.1 Å². The van der Waals surface area contributed by atoms with Crippen molar-refractivity contribution in [2.75, 3.05) is 11.1 Å². The standard InChI is InChI=1S/C12H14N4OS/c1-7(2)10-6-18-12(15-10)16-11(17)9-4-3-8(13)5-14-9/h3-7H,13H2,1-2H3,(H,15,16,17). The fourth-order valence-corrected chi connectivity index (χ4v) is 2.18. The summed E-state index contributed by atoms with van der Waals surface area (Å²) in [4.78, 5) is 20.1. The van der Waals surface area contributed by atoms with E-state index in [1.165, 1.54) is 17.5 Å². The molecular formula is C12H14N4OS. The van der Waals surface area contributed by atoms with Crippen LogP contribution in [-0.4, -0.2) is 15.9 Å². The molecule has 0 aliphatic heterocycles. The third kappa shape index (κ3) is 2.84. The first-order valence-electron chi connectivity index (χ1n) is 5.54. The summed E-state index contributed by atoms with van der Waals surface area (Å²) >= 11 is 1.41. The van der Waals surface area contributed by atoms with Crippen LogP contribution < -0.4 is 11.1 Å². The number of hydrogen-bond donors (Lipinski definition) is 2. The van der Waals surface area contributed by atoms with Crippen LogP contribution in [-0.2, 0) is 0 Å². The molecule has 2 rings (SSSR count). The molecule has 0 spiro atoms. The molecular weight excluding hydrogens is 248 g/mol. The molecule has 2 aromatic rings. The van der Waals surface area contributed by atoms with Gasteiger partial charge >= 0.3 is 0 Å². The number of hydrogen-bond acceptors (Lipinski definition) is 5. The number of nitrogens with one attached hydrogen (secondary N) is 1. The number of rotatable bonds is 3. The second-order valence-electron chi connectivity index (χ2n) is 4.16. The molecule has 0 bridgehead atoms. The Morgan fingerprint density at radius 3 is 2.78 bits per heavy atom. The summed E-state index contributed by atoms with van der Waals surface area (Å²) in [6.45, 7) is 4.12. The van der Waals surface area contributed by atoms with Crippen molar-refractivity contribution in [3.05, 3.63) is 35.1 Å². The van der Waals surface area contributed by atoms with Crippen LogP contribution in [0.4, 0.5) is 10.8 Å². The van der Waals surface area contributed by atoms with Crippen LogP contribution in [0.1, 0.15) is 35.9 Å². The summed E-state index contributed by atoms with van der Waals surface area (Å²) in [5.74, 6) is 0.0706. The number of thiazole rings is 1. The Morgan fingerprint density at radius 1 is 1.44 bits per heavy atom. The minimum absolute atomic E-state index is 0.278. The van der Waals surface area contributed by atoms with Crippen LogP contribution in [0.3, 0.4) is 0 Å². The number of carbonyl (C=O) groups is 1. The van der Waals surface area contributed by atoms with Crippen LogP contribution >= 0.6 is 11.3 Å². The van der Waals surface area contributed by atoms with Crippen molar-refractivity contribution >= 4 is 28.1 Å². The Morgan fingerprint density at radius 2 is 2.22 bits per heavy atom. The van der Waals surface area contributed by atoms with Gasteiger partial charge in [-0.15, -0.1) is 11.3 Å². The van der Waals surface area contributed by atoms with E-state index < -0.39 is 0 Å². The van der Waals surface area contributed by atoms with Gasteiger partial charge in [0.25, 0.3) is 5.91 Å². The third-order valence-electron chi connectivity index (χ3n) is 2.35. The lowest BCUT2D eigenvalue weighted by Gasteiger charge is -2.01. The molecule has 6 heteroatoms. The number of anilines is 2. The van der Waals surface area contributed by atoms with Crippen LogP contribution in [0.15, 0.2) is 23.7 Å². The molecule has 2 aromatic heterocycles. The highest BCUT2D eigenvalue weighted by Crippen LogP contribution is 2.21. The molecule has 0 radical (unpaired) electrons. The van der Waals surface area contributed by atoms with Gasteiger partial charge in [0.15, 0.2) is 5.13 Å². The number of nitrogens with two attached hydrogens (primary N) is 1. The first-order chi connectivity index (χ1) is 8.56. The fourth-order valence-electron chi connectivity index (χ4n) is 1.31. The number of nitrogen functional groups attached to an aromatic ring is 1. The normalized spacial score (nSPS) is 10.6. The van der Waals surface area contributed by atoms with Gasteiger partial charge in [0, 0.05) is 5.38 Å². The molecule has 0 saturated heterocycles. The zero-order valence-corrected chi connectivity index (χ0v) is 11.0. The summed E-state index contributed by atoms with van der Waals surface area (Å²) in [5, 5.41) is 5.24. The summed E-state index contributed by atoms with van der Waals surface area (Å²) < 4.78 is 0. The van der Waals surface area contributed by atoms with Crippen molar-refractivity contribution in [3.63, 3.8) is 0 Å². The third-order valence-corrected chi connectivity index (χ3v) is 3.13. The average molecular weight is 262 g/mol. The lowest BCUT2D eigenvalue weighted by molar-refractivity contribution is 0.102. The van der Waals surface area contributed by atoms with Crippen LogP contribution in [0.2, 0.25) is 0 Å². The van der Waals surface area contributed by atoms with E-state index in [2.05, 4.69) is 29.1 Å². The lowest BCUT2D eigenvalue weighted by atomic mass is 10.2. The van der Waals surface area contributed by atoms with E-state index in [9.17, 15) is 4.79 Å². The molecule has 0 atom stereocenters. The van der Waals surface area contributed by atoms with Crippen LogP contribution in [0.5, 0.6) is 0 Å². The number of pyridine rings is 1. The number of nitrogens with zero attached hydrogens (tertiary/aromatic N) is 2. The monoisotopic (exact) mass is 262 g/mol. The quantitative estimate of drug-likeness (QED) is 0.890. The van der Waals surface area contributed by atoms with Crippen molar-refractivity contribution < 1.29 is 4.79 Å². The van der Waals surface area contributed by atoms with Crippen molar-refractivity contribution in [1.82, 2.24) is 9.97 Å². The maximum atomic E-state index is 11.9. The Labute approximate surface area is 109 Å². The molecule has 18 heavy (non-hydrogen) atoms. The Kier molecular flexibility index (Phi) is 3.57. The maximum absolute atomic E-state index is 11.9. The molecule has 0 unspecified atom stereocenters. The molecule has 0 saturated carbocycles. The molecule has 0 fully saturated rings. The summed E-state index contributed by atoms with van der Waals surface area (Å²) in [6, 6.07) is 3.23. The second-order valence-corrected chi connectivity index (χ2v) is 5.02. The molecule has 0 aromatic carbocycles. The van der Waals surface area contributed by atoms with Crippen molar-refractivity contribution in [3.8, 4) is 0 Å². The van der Waals surface area contributed by atoms with Gasteiger partial charge in [-0.05, 0) is 18.1 Å². The van der Waals surface area contributed by atoms with Crippen LogP contribution in [0, 0.1) is 0 Å². The zero-order valence-electron chi connectivity index (χ0n) is 10.2. The van der Waals surface area contributed by atoms with Gasteiger partial charge in [-0.3, -0.25) is 10.1 Å². The first-order valence-corrected chi connectivity index (χ1v) is 6.42. The van der Waals surface area contributed by atoms with Crippen molar-refractivity contribution in [2.45, 2.75) is 19.8 Å². The molecule has 0 aliphatic carbocycles. The van der Waals surface area contributed by atoms with Gasteiger partial charge in [-0.25, -0.2) is 9.97 Å². The molecule has 0 aliphatic rings. The highest BCUT2D eigenvalue weighted by molar-refractivity contribution is 7.14. The first kappa shape index (κ1) is 12.5. The summed E-state index contributed by atoms with van der Waals surface area (Å²) in [7, 11) is 0. The number of amides is 1. The second kappa shape index (κ2) is 5.14. The van der Waals surface area contributed by atoms with E-state index in [-0.39, 0.29) is 5.91 Å². The molecule has 94 valence electrons. The number of carbonyl (C=O) groups excluding carboxylic acids is 1. The molecule has 3 N–H and O–H groups in total. The van der Waals surface area contributed by atoms with E-state index in [4.69, 9.17) is 5.73 Å². The molecule has 5 nitrogen and oxygen atoms in total. The van der Waals surface area contributed by atoms with Gasteiger partial charge in [-0.2, -0.15) is 0 Å². The predicted octanol–water partition coefficient (Wildman–Crippen LogP) is 2.50. The van der Waals surface area contributed by atoms with Gasteiger partial charge in [-0.1, -0.05) is 13.8 Å². The lowest BCUT2D eigenvalue weighted by Crippen LogP contribution is -2.13. The largest absolute Gasteiger partial charge is 0.397 e. The zero-order chi connectivity index (χ0) is 13.1. The highest BCUT2D eigenvalue weighted by Gasteiger charge is 2.11. The minimum atomic E-state index is -0.278. The highest BCUT2D eigenvalue weighted by atomic mass is 32.1. The van der Waals surface area contributed by atoms with E-state index in [1.807, 2.05) is 5.38 Å². The Hall–Kier alpha value is -1.95. The number of aromatic nitrogens is 2. The summed E-state index contributed by atoms with van der Waals surface area (Å²) in [5.41, 5.74) is 7.34. The van der Waals surface area contributed by atoms with E-state index in [0.29, 0.717) is 22.4 Å². The molecule has 1 amide bonds. The van der Waals surface area contributed by atoms with E-state index in [0.717, 1.165) is 5.69 Å². The van der Waals surface area contributed by atoms with Crippen molar-refractivity contribution in [2.24, 2.45) is 0 Å². The maximum Gasteiger partial charge on any atom is 0.276 e. The van der Waals surface area contributed by atoms with Crippen molar-refractivity contribution in [1.29, 1.82) is 0 Å². The Bertz CT molecular complexity index is 547. The SMILES string of the molecule is CC(C)c1csc(NC(=O)c2ccc(N)cn2)n1.